The maximum atomic E-state index is 5.67. The average Bonchev–Trinajstić information content (AvgIpc) is 2.52. The Balaban J connectivity index is 2.02. The molecule has 0 saturated carbocycles. The van der Waals surface area contributed by atoms with Crippen molar-refractivity contribution in [2.75, 3.05) is 11.1 Å². The number of aryl methyl sites for hydroxylation is 1. The second-order valence-electron chi connectivity index (χ2n) is 4.80. The van der Waals surface area contributed by atoms with Gasteiger partial charge < -0.3 is 11.1 Å². The molecule has 4 nitrogen and oxygen atoms in total. The molecule has 104 valence electrons. The van der Waals surface area contributed by atoms with Crippen LogP contribution in [0.15, 0.2) is 60.8 Å². The van der Waals surface area contributed by atoms with Crippen molar-refractivity contribution >= 4 is 17.5 Å². The van der Waals surface area contributed by atoms with Gasteiger partial charge in [-0.1, -0.05) is 48.5 Å². The Morgan fingerprint density at radius 1 is 0.952 bits per heavy atom. The number of nitrogens with zero attached hydrogens (tertiary/aromatic N) is 2. The Morgan fingerprint density at radius 3 is 2.48 bits per heavy atom. The molecule has 0 aliphatic heterocycles. The summed E-state index contributed by atoms with van der Waals surface area (Å²) in [6.45, 7) is 1.95. The molecule has 0 saturated heterocycles. The average molecular weight is 276 g/mol. The first kappa shape index (κ1) is 13.1. The molecule has 3 aromatic rings. The SMILES string of the molecule is Cc1cnc(N)nc1Nc1ccccc1-c1ccccc1. The molecule has 1 aromatic heterocycles. The summed E-state index contributed by atoms with van der Waals surface area (Å²) in [6.07, 6.45) is 1.72. The lowest BCUT2D eigenvalue weighted by atomic mass is 10.0. The molecule has 2 aromatic carbocycles. The summed E-state index contributed by atoms with van der Waals surface area (Å²) in [7, 11) is 0. The summed E-state index contributed by atoms with van der Waals surface area (Å²) >= 11 is 0. The van der Waals surface area contributed by atoms with E-state index in [1.165, 1.54) is 0 Å². The highest BCUT2D eigenvalue weighted by atomic mass is 15.1. The third-order valence-electron chi connectivity index (χ3n) is 3.26. The summed E-state index contributed by atoms with van der Waals surface area (Å²) in [5.74, 6) is 0.992. The van der Waals surface area contributed by atoms with Crippen molar-refractivity contribution in [2.24, 2.45) is 0 Å². The van der Waals surface area contributed by atoms with E-state index >= 15 is 0 Å². The van der Waals surface area contributed by atoms with Crippen LogP contribution in [-0.4, -0.2) is 9.97 Å². The Bertz CT molecular complexity index is 754. The van der Waals surface area contributed by atoms with Gasteiger partial charge in [-0.15, -0.1) is 0 Å². The minimum absolute atomic E-state index is 0.264. The van der Waals surface area contributed by atoms with Crippen molar-refractivity contribution in [3.05, 3.63) is 66.4 Å². The van der Waals surface area contributed by atoms with E-state index in [0.29, 0.717) is 0 Å². The quantitative estimate of drug-likeness (QED) is 0.764. The molecule has 4 heteroatoms. The zero-order valence-corrected chi connectivity index (χ0v) is 11.7. The molecule has 0 aliphatic rings. The van der Waals surface area contributed by atoms with Gasteiger partial charge in [0.15, 0.2) is 0 Å². The maximum absolute atomic E-state index is 5.67. The molecule has 0 atom stereocenters. The highest BCUT2D eigenvalue weighted by Crippen LogP contribution is 2.30. The fraction of sp³-hybridized carbons (Fsp3) is 0.0588. The van der Waals surface area contributed by atoms with E-state index in [-0.39, 0.29) is 5.95 Å². The van der Waals surface area contributed by atoms with Gasteiger partial charge in [-0.05, 0) is 18.6 Å². The summed E-state index contributed by atoms with van der Waals surface area (Å²) in [4.78, 5) is 8.25. The van der Waals surface area contributed by atoms with Crippen LogP contribution >= 0.6 is 0 Å². The van der Waals surface area contributed by atoms with Gasteiger partial charge in [-0.2, -0.15) is 4.98 Å². The van der Waals surface area contributed by atoms with Crippen molar-refractivity contribution in [1.29, 1.82) is 0 Å². The topological polar surface area (TPSA) is 63.8 Å². The smallest absolute Gasteiger partial charge is 0.221 e. The third-order valence-corrected chi connectivity index (χ3v) is 3.26. The second kappa shape index (κ2) is 5.63. The molecule has 0 unspecified atom stereocenters. The largest absolute Gasteiger partial charge is 0.368 e. The van der Waals surface area contributed by atoms with E-state index in [2.05, 4.69) is 33.5 Å². The molecular formula is C17H16N4. The third kappa shape index (κ3) is 2.84. The fourth-order valence-corrected chi connectivity index (χ4v) is 2.17. The number of benzene rings is 2. The van der Waals surface area contributed by atoms with Gasteiger partial charge in [-0.3, -0.25) is 0 Å². The van der Waals surface area contributed by atoms with Crippen LogP contribution in [0.25, 0.3) is 11.1 Å². The normalized spacial score (nSPS) is 10.3. The highest BCUT2D eigenvalue weighted by Gasteiger charge is 2.07. The summed E-state index contributed by atoms with van der Waals surface area (Å²) in [5.41, 5.74) is 9.88. The second-order valence-corrected chi connectivity index (χ2v) is 4.80. The summed E-state index contributed by atoms with van der Waals surface area (Å²) < 4.78 is 0. The number of hydrogen-bond donors (Lipinski definition) is 2. The van der Waals surface area contributed by atoms with Crippen LogP contribution in [0.5, 0.6) is 0 Å². The molecular weight excluding hydrogens is 260 g/mol. The van der Waals surface area contributed by atoms with Crippen LogP contribution < -0.4 is 11.1 Å². The van der Waals surface area contributed by atoms with E-state index in [9.17, 15) is 0 Å². The lowest BCUT2D eigenvalue weighted by molar-refractivity contribution is 1.15. The number of nitrogens with one attached hydrogen (secondary N) is 1. The molecule has 21 heavy (non-hydrogen) atoms. The number of aromatic nitrogens is 2. The molecule has 0 spiro atoms. The predicted molar refractivity (Wildman–Crippen MR) is 86.3 cm³/mol. The predicted octanol–water partition coefficient (Wildman–Crippen LogP) is 3.78. The van der Waals surface area contributed by atoms with Crippen molar-refractivity contribution in [2.45, 2.75) is 6.92 Å². The molecule has 0 aliphatic carbocycles. The van der Waals surface area contributed by atoms with Crippen LogP contribution in [0.2, 0.25) is 0 Å². The zero-order valence-electron chi connectivity index (χ0n) is 11.7. The van der Waals surface area contributed by atoms with Crippen LogP contribution in [0.3, 0.4) is 0 Å². The summed E-state index contributed by atoms with van der Waals surface area (Å²) in [6, 6.07) is 18.4. The van der Waals surface area contributed by atoms with Crippen molar-refractivity contribution in [3.8, 4) is 11.1 Å². The Morgan fingerprint density at radius 2 is 1.67 bits per heavy atom. The first-order valence-corrected chi connectivity index (χ1v) is 6.74. The number of nitrogens with two attached hydrogens (primary N) is 1. The van der Waals surface area contributed by atoms with Crippen molar-refractivity contribution in [3.63, 3.8) is 0 Å². The van der Waals surface area contributed by atoms with Gasteiger partial charge in [0.1, 0.15) is 5.82 Å². The van der Waals surface area contributed by atoms with E-state index in [1.54, 1.807) is 6.20 Å². The Hall–Kier alpha value is -2.88. The molecule has 0 radical (unpaired) electrons. The van der Waals surface area contributed by atoms with Gasteiger partial charge in [0.05, 0.1) is 0 Å². The fourth-order valence-electron chi connectivity index (χ4n) is 2.17. The number of anilines is 3. The first-order chi connectivity index (χ1) is 10.2. The molecule has 0 bridgehead atoms. The lowest BCUT2D eigenvalue weighted by Crippen LogP contribution is -2.02. The maximum Gasteiger partial charge on any atom is 0.221 e. The minimum atomic E-state index is 0.264. The number of hydrogen-bond acceptors (Lipinski definition) is 4. The monoisotopic (exact) mass is 276 g/mol. The summed E-state index contributed by atoms with van der Waals surface area (Å²) in [5, 5.41) is 3.35. The van der Waals surface area contributed by atoms with Crippen LogP contribution in [-0.2, 0) is 0 Å². The molecule has 1 heterocycles. The van der Waals surface area contributed by atoms with Crippen LogP contribution in [0.1, 0.15) is 5.56 Å². The Labute approximate surface area is 123 Å². The number of nitrogen functional groups attached to an aromatic ring is 1. The van der Waals surface area contributed by atoms with E-state index in [4.69, 9.17) is 5.73 Å². The number of rotatable bonds is 3. The zero-order chi connectivity index (χ0) is 14.7. The van der Waals surface area contributed by atoms with E-state index < -0.39 is 0 Å². The van der Waals surface area contributed by atoms with Gasteiger partial charge in [-0.25, -0.2) is 4.98 Å². The van der Waals surface area contributed by atoms with Gasteiger partial charge in [0, 0.05) is 23.0 Å². The molecule has 0 fully saturated rings. The van der Waals surface area contributed by atoms with Crippen molar-refractivity contribution in [1.82, 2.24) is 9.97 Å². The van der Waals surface area contributed by atoms with E-state index in [0.717, 1.165) is 28.2 Å². The first-order valence-electron chi connectivity index (χ1n) is 6.74. The van der Waals surface area contributed by atoms with Gasteiger partial charge in [0.2, 0.25) is 5.95 Å². The minimum Gasteiger partial charge on any atom is -0.368 e. The molecule has 3 rings (SSSR count). The van der Waals surface area contributed by atoms with Gasteiger partial charge >= 0.3 is 0 Å². The lowest BCUT2D eigenvalue weighted by Gasteiger charge is -2.13. The standard InChI is InChI=1S/C17H16N4/c1-12-11-19-17(18)21-16(12)20-15-10-6-5-9-14(15)13-7-3-2-4-8-13/h2-11H,1H3,(H3,18,19,20,21). The van der Waals surface area contributed by atoms with Crippen LogP contribution in [0.4, 0.5) is 17.5 Å². The van der Waals surface area contributed by atoms with Crippen molar-refractivity contribution < 1.29 is 0 Å². The highest BCUT2D eigenvalue weighted by molar-refractivity contribution is 5.80. The van der Waals surface area contributed by atoms with Crippen LogP contribution in [0, 0.1) is 6.92 Å². The Kier molecular flexibility index (Phi) is 3.51. The van der Waals surface area contributed by atoms with E-state index in [1.807, 2.05) is 43.3 Å². The molecule has 3 N–H and O–H groups in total. The number of para-hydroxylation sites is 1. The van der Waals surface area contributed by atoms with Gasteiger partial charge in [0.25, 0.3) is 0 Å². The molecule has 0 amide bonds.